The zero-order valence-corrected chi connectivity index (χ0v) is 17.0. The molecule has 1 atom stereocenters. The third-order valence-electron chi connectivity index (χ3n) is 3.85. The number of unbranched alkanes of at least 4 members (excludes halogenated alkanes) is 6. The van der Waals surface area contributed by atoms with Gasteiger partial charge in [-0.15, -0.1) is 0 Å². The molecule has 0 aliphatic rings. The number of carbonyl (C=O) groups excluding carboxylic acids is 2. The molecule has 0 rings (SSSR count). The Kier molecular flexibility index (Phi) is 13.6. The first-order valence-electron chi connectivity index (χ1n) is 9.77. The minimum atomic E-state index is -1.21. The van der Waals surface area contributed by atoms with E-state index in [1.807, 2.05) is 27.2 Å². The highest BCUT2D eigenvalue weighted by atomic mass is 16.5. The van der Waals surface area contributed by atoms with Crippen LogP contribution in [-0.2, 0) is 14.3 Å². The average molecular weight is 368 g/mol. The Morgan fingerprint density at radius 2 is 1.65 bits per heavy atom. The molecule has 0 heterocycles. The zero-order valence-electron chi connectivity index (χ0n) is 17.0. The van der Waals surface area contributed by atoms with Crippen LogP contribution in [0.25, 0.3) is 0 Å². The monoisotopic (exact) mass is 367 g/mol. The van der Waals surface area contributed by atoms with Gasteiger partial charge in [-0.25, -0.2) is 4.79 Å². The summed E-state index contributed by atoms with van der Waals surface area (Å²) in [6.45, 7) is 2.64. The Hall–Kier alpha value is -1.62. The minimum Gasteiger partial charge on any atom is -0.550 e. The molecule has 0 N–H and O–H groups in total. The van der Waals surface area contributed by atoms with Crippen molar-refractivity contribution < 1.29 is 23.9 Å². The summed E-state index contributed by atoms with van der Waals surface area (Å²) in [5, 5.41) is 10.8. The highest BCUT2D eigenvalue weighted by Crippen LogP contribution is 2.08. The molecule has 0 saturated carbocycles. The number of esters is 1. The number of nitrogens with zero attached hydrogens (tertiary/aromatic N) is 1. The van der Waals surface area contributed by atoms with Crippen LogP contribution in [-0.4, -0.2) is 50.2 Å². The zero-order chi connectivity index (χ0) is 19.8. The van der Waals surface area contributed by atoms with Gasteiger partial charge in [-0.1, -0.05) is 57.3 Å². The lowest BCUT2D eigenvalue weighted by atomic mass is 10.1. The number of quaternary nitrogens is 1. The number of likely N-dealkylation sites (N-methyl/N-ethyl adjacent to an activating group) is 1. The molecule has 0 aromatic heterocycles. The molecule has 0 bridgehead atoms. The molecule has 0 aromatic carbocycles. The number of carboxylic acid groups (broad SMARTS) is 1. The van der Waals surface area contributed by atoms with Gasteiger partial charge in [0.1, 0.15) is 6.54 Å². The molecule has 26 heavy (non-hydrogen) atoms. The molecular weight excluding hydrogens is 330 g/mol. The van der Waals surface area contributed by atoms with E-state index in [1.54, 1.807) is 6.08 Å². The third kappa shape index (κ3) is 17.2. The highest BCUT2D eigenvalue weighted by molar-refractivity contribution is 5.82. The van der Waals surface area contributed by atoms with Crippen molar-refractivity contribution in [1.29, 1.82) is 0 Å². The quantitative estimate of drug-likeness (QED) is 0.147. The van der Waals surface area contributed by atoms with E-state index < -0.39 is 18.0 Å². The molecule has 5 nitrogen and oxygen atoms in total. The molecule has 5 heteroatoms. The minimum absolute atomic E-state index is 0.284. The molecule has 0 saturated heterocycles. The van der Waals surface area contributed by atoms with Crippen LogP contribution in [0.2, 0.25) is 0 Å². The average Bonchev–Trinajstić information content (AvgIpc) is 2.50. The van der Waals surface area contributed by atoms with Crippen molar-refractivity contribution in [2.45, 2.75) is 70.8 Å². The van der Waals surface area contributed by atoms with Gasteiger partial charge in [0.25, 0.3) is 0 Å². The molecule has 0 radical (unpaired) electrons. The van der Waals surface area contributed by atoms with E-state index in [0.717, 1.165) is 6.42 Å². The van der Waals surface area contributed by atoms with Crippen molar-refractivity contribution in [3.8, 4) is 0 Å². The number of aliphatic carboxylic acids is 1. The van der Waals surface area contributed by atoms with Crippen molar-refractivity contribution in [2.24, 2.45) is 0 Å². The van der Waals surface area contributed by atoms with Gasteiger partial charge in [0.15, 0.2) is 6.10 Å². The van der Waals surface area contributed by atoms with E-state index in [-0.39, 0.29) is 6.42 Å². The summed E-state index contributed by atoms with van der Waals surface area (Å²) in [6, 6.07) is 0. The Bertz CT molecular complexity index is 449. The van der Waals surface area contributed by atoms with Gasteiger partial charge in [0.05, 0.1) is 21.1 Å². The van der Waals surface area contributed by atoms with Crippen molar-refractivity contribution in [3.63, 3.8) is 0 Å². The van der Waals surface area contributed by atoms with E-state index in [4.69, 9.17) is 4.74 Å². The molecular formula is C21H37NO4. The molecule has 0 unspecified atom stereocenters. The number of hydrogen-bond acceptors (Lipinski definition) is 4. The molecule has 0 fully saturated rings. The van der Waals surface area contributed by atoms with Crippen LogP contribution in [0.15, 0.2) is 24.3 Å². The summed E-state index contributed by atoms with van der Waals surface area (Å²) in [5.41, 5.74) is 0. The van der Waals surface area contributed by atoms with Crippen molar-refractivity contribution in [3.05, 3.63) is 24.3 Å². The number of rotatable bonds is 15. The lowest BCUT2D eigenvalue weighted by Crippen LogP contribution is -2.45. The van der Waals surface area contributed by atoms with Crippen molar-refractivity contribution in [1.82, 2.24) is 0 Å². The summed E-state index contributed by atoms with van der Waals surface area (Å²) < 4.78 is 5.75. The van der Waals surface area contributed by atoms with E-state index in [1.165, 1.54) is 44.6 Å². The second-order valence-electron chi connectivity index (χ2n) is 7.77. The maximum Gasteiger partial charge on any atom is 0.330 e. The van der Waals surface area contributed by atoms with Gasteiger partial charge < -0.3 is 19.1 Å². The Balaban J connectivity index is 4.01. The third-order valence-corrected chi connectivity index (χ3v) is 3.85. The number of allylic oxidation sites excluding steroid dienone is 3. The summed E-state index contributed by atoms with van der Waals surface area (Å²) in [7, 11) is 5.75. The number of hydrogen-bond donors (Lipinski definition) is 0. The second kappa shape index (κ2) is 14.5. The summed E-state index contributed by atoms with van der Waals surface area (Å²) in [6.07, 6.45) is 15.8. The highest BCUT2D eigenvalue weighted by Gasteiger charge is 2.21. The normalized spacial score (nSPS) is 13.4. The Morgan fingerprint density at radius 1 is 1.00 bits per heavy atom. The molecule has 0 aliphatic carbocycles. The number of ether oxygens (including phenoxy) is 1. The predicted octanol–water partition coefficient (Wildman–Crippen LogP) is 3.00. The lowest BCUT2D eigenvalue weighted by Gasteiger charge is -2.29. The molecule has 0 aliphatic heterocycles. The van der Waals surface area contributed by atoms with E-state index in [2.05, 4.69) is 13.0 Å². The summed E-state index contributed by atoms with van der Waals surface area (Å²) in [5.74, 6) is -1.72. The van der Waals surface area contributed by atoms with E-state index in [0.29, 0.717) is 17.4 Å². The maximum atomic E-state index is 11.8. The van der Waals surface area contributed by atoms with Crippen molar-refractivity contribution >= 4 is 11.9 Å². The van der Waals surface area contributed by atoms with Crippen LogP contribution in [0.1, 0.15) is 64.7 Å². The SMILES string of the molecule is CCCCCCCC/C=C\C/C=C/C(=O)O[C@H](CC(=O)[O-])C[N+](C)(C)C. The van der Waals surface area contributed by atoms with Gasteiger partial charge in [-0.3, -0.25) is 0 Å². The van der Waals surface area contributed by atoms with E-state index in [9.17, 15) is 14.7 Å². The van der Waals surface area contributed by atoms with Crippen molar-refractivity contribution in [2.75, 3.05) is 27.7 Å². The van der Waals surface area contributed by atoms with Gasteiger partial charge >= 0.3 is 5.97 Å². The maximum absolute atomic E-state index is 11.8. The smallest absolute Gasteiger partial charge is 0.330 e. The number of carbonyl (C=O) groups is 2. The molecule has 0 spiro atoms. The van der Waals surface area contributed by atoms with Gasteiger partial charge in [-0.05, 0) is 19.3 Å². The van der Waals surface area contributed by atoms with Gasteiger partial charge in [0, 0.05) is 18.5 Å². The van der Waals surface area contributed by atoms with Crippen LogP contribution < -0.4 is 5.11 Å². The number of carboxylic acids is 1. The first-order chi connectivity index (χ1) is 12.2. The first-order valence-corrected chi connectivity index (χ1v) is 9.77. The Morgan fingerprint density at radius 3 is 2.27 bits per heavy atom. The van der Waals surface area contributed by atoms with Crippen LogP contribution in [0, 0.1) is 0 Å². The van der Waals surface area contributed by atoms with Crippen LogP contribution in [0.5, 0.6) is 0 Å². The topological polar surface area (TPSA) is 66.4 Å². The summed E-state index contributed by atoms with van der Waals surface area (Å²) in [4.78, 5) is 22.6. The van der Waals surface area contributed by atoms with Gasteiger partial charge in [0.2, 0.25) is 0 Å². The summed E-state index contributed by atoms with van der Waals surface area (Å²) >= 11 is 0. The van der Waals surface area contributed by atoms with Crippen LogP contribution in [0.3, 0.4) is 0 Å². The molecule has 150 valence electrons. The molecule has 0 aromatic rings. The fourth-order valence-corrected chi connectivity index (χ4v) is 2.64. The first kappa shape index (κ1) is 24.4. The standard InChI is InChI=1S/C21H37NO4/c1-5-6-7-8-9-10-11-12-13-14-15-16-21(25)26-19(17-20(23)24)18-22(2,3)4/h12-13,15-16,19H,5-11,14,17-18H2,1-4H3/b13-12-,16-15+/t19-/m1/s1. The van der Waals surface area contributed by atoms with Crippen LogP contribution in [0.4, 0.5) is 0 Å². The lowest BCUT2D eigenvalue weighted by molar-refractivity contribution is -0.873. The Labute approximate surface area is 159 Å². The fourth-order valence-electron chi connectivity index (χ4n) is 2.64. The van der Waals surface area contributed by atoms with Gasteiger partial charge in [-0.2, -0.15) is 0 Å². The largest absolute Gasteiger partial charge is 0.550 e. The van der Waals surface area contributed by atoms with Crippen LogP contribution >= 0.6 is 0 Å². The predicted molar refractivity (Wildman–Crippen MR) is 103 cm³/mol. The fraction of sp³-hybridized carbons (Fsp3) is 0.714. The molecule has 0 amide bonds. The second-order valence-corrected chi connectivity index (χ2v) is 7.77. The van der Waals surface area contributed by atoms with E-state index >= 15 is 0 Å².